The standard InChI is InChI=1S/C15H10N4O2/c20-13-5-4-9(8-17-13)14-18-15(21-19-14)11-2-1-3-12-10(11)6-7-16-12/h1-8,16H,(H,17,20). The third-order valence-corrected chi connectivity index (χ3v) is 3.29. The van der Waals surface area contributed by atoms with E-state index < -0.39 is 0 Å². The molecule has 0 aliphatic carbocycles. The van der Waals surface area contributed by atoms with Gasteiger partial charge in [0, 0.05) is 40.5 Å². The third kappa shape index (κ3) is 1.93. The van der Waals surface area contributed by atoms with E-state index in [0.717, 1.165) is 16.5 Å². The van der Waals surface area contributed by atoms with Crippen molar-refractivity contribution >= 4 is 10.9 Å². The average molecular weight is 278 g/mol. The second-order valence-corrected chi connectivity index (χ2v) is 4.61. The normalized spacial score (nSPS) is 11.0. The molecule has 4 aromatic rings. The summed E-state index contributed by atoms with van der Waals surface area (Å²) in [5, 5.41) is 4.99. The Kier molecular flexibility index (Phi) is 2.47. The first-order chi connectivity index (χ1) is 10.3. The van der Waals surface area contributed by atoms with Crippen LogP contribution in [0.25, 0.3) is 33.7 Å². The zero-order chi connectivity index (χ0) is 14.2. The Bertz CT molecular complexity index is 960. The van der Waals surface area contributed by atoms with Gasteiger partial charge in [-0.3, -0.25) is 4.79 Å². The summed E-state index contributed by atoms with van der Waals surface area (Å²) in [6, 6.07) is 10.9. The van der Waals surface area contributed by atoms with Crippen LogP contribution in [0, 0.1) is 0 Å². The predicted molar refractivity (Wildman–Crippen MR) is 77.6 cm³/mol. The van der Waals surface area contributed by atoms with Crippen molar-refractivity contribution in [3.8, 4) is 22.8 Å². The highest BCUT2D eigenvalue weighted by molar-refractivity contribution is 5.93. The van der Waals surface area contributed by atoms with Crippen LogP contribution in [0.1, 0.15) is 0 Å². The van der Waals surface area contributed by atoms with Gasteiger partial charge in [-0.2, -0.15) is 4.98 Å². The maximum absolute atomic E-state index is 11.1. The SMILES string of the molecule is O=c1ccc(-c2noc(-c3cccc4[nH]ccc34)n2)c[nH]1. The van der Waals surface area contributed by atoms with Gasteiger partial charge in [0.25, 0.3) is 5.89 Å². The van der Waals surface area contributed by atoms with Gasteiger partial charge < -0.3 is 14.5 Å². The van der Waals surface area contributed by atoms with Gasteiger partial charge in [-0.15, -0.1) is 0 Å². The van der Waals surface area contributed by atoms with Crippen LogP contribution in [0.15, 0.2) is 58.1 Å². The molecular formula is C15H10N4O2. The highest BCUT2D eigenvalue weighted by Crippen LogP contribution is 2.28. The highest BCUT2D eigenvalue weighted by atomic mass is 16.5. The second-order valence-electron chi connectivity index (χ2n) is 4.61. The molecule has 6 nitrogen and oxygen atoms in total. The molecule has 6 heteroatoms. The van der Waals surface area contributed by atoms with E-state index >= 15 is 0 Å². The molecule has 0 radical (unpaired) electrons. The maximum atomic E-state index is 11.1. The van der Waals surface area contributed by atoms with Crippen LogP contribution in [-0.4, -0.2) is 20.1 Å². The highest BCUT2D eigenvalue weighted by Gasteiger charge is 2.13. The molecule has 0 fully saturated rings. The quantitative estimate of drug-likeness (QED) is 0.590. The third-order valence-electron chi connectivity index (χ3n) is 3.29. The smallest absolute Gasteiger partial charge is 0.258 e. The van der Waals surface area contributed by atoms with E-state index in [9.17, 15) is 4.79 Å². The number of pyridine rings is 1. The first-order valence-corrected chi connectivity index (χ1v) is 6.40. The summed E-state index contributed by atoms with van der Waals surface area (Å²) in [7, 11) is 0. The molecule has 0 atom stereocenters. The number of benzene rings is 1. The Hall–Kier alpha value is -3.15. The Labute approximate surface area is 118 Å². The summed E-state index contributed by atoms with van der Waals surface area (Å²) in [4.78, 5) is 21.2. The average Bonchev–Trinajstić information content (AvgIpc) is 3.16. The van der Waals surface area contributed by atoms with Gasteiger partial charge in [-0.1, -0.05) is 11.2 Å². The molecule has 0 amide bonds. The topological polar surface area (TPSA) is 87.6 Å². The monoisotopic (exact) mass is 278 g/mol. The van der Waals surface area contributed by atoms with Crippen molar-refractivity contribution in [3.63, 3.8) is 0 Å². The number of rotatable bonds is 2. The minimum absolute atomic E-state index is 0.167. The number of hydrogen-bond donors (Lipinski definition) is 2. The van der Waals surface area contributed by atoms with Gasteiger partial charge in [0.15, 0.2) is 0 Å². The molecule has 0 saturated carbocycles. The van der Waals surface area contributed by atoms with E-state index in [1.54, 1.807) is 12.3 Å². The molecule has 102 valence electrons. The van der Waals surface area contributed by atoms with Crippen molar-refractivity contribution in [1.82, 2.24) is 20.1 Å². The van der Waals surface area contributed by atoms with Crippen LogP contribution in [0.5, 0.6) is 0 Å². The lowest BCUT2D eigenvalue weighted by atomic mass is 10.1. The number of aromatic amines is 2. The minimum atomic E-state index is -0.167. The summed E-state index contributed by atoms with van der Waals surface area (Å²) in [5.74, 6) is 0.884. The van der Waals surface area contributed by atoms with E-state index in [1.165, 1.54) is 6.07 Å². The van der Waals surface area contributed by atoms with Crippen LogP contribution in [0.2, 0.25) is 0 Å². The number of nitrogens with zero attached hydrogens (tertiary/aromatic N) is 2. The summed E-state index contributed by atoms with van der Waals surface area (Å²) in [6.45, 7) is 0. The largest absolute Gasteiger partial charge is 0.361 e. The van der Waals surface area contributed by atoms with E-state index in [4.69, 9.17) is 4.52 Å². The van der Waals surface area contributed by atoms with Crippen molar-refractivity contribution in [3.05, 3.63) is 59.1 Å². The van der Waals surface area contributed by atoms with Gasteiger partial charge >= 0.3 is 0 Å². The molecule has 0 saturated heterocycles. The zero-order valence-corrected chi connectivity index (χ0v) is 10.8. The Morgan fingerprint density at radius 2 is 2.00 bits per heavy atom. The number of H-pyrrole nitrogens is 2. The lowest BCUT2D eigenvalue weighted by Gasteiger charge is -1.96. The van der Waals surface area contributed by atoms with Gasteiger partial charge in [0.2, 0.25) is 11.4 Å². The lowest BCUT2D eigenvalue weighted by molar-refractivity contribution is 0.432. The summed E-state index contributed by atoms with van der Waals surface area (Å²) in [5.41, 5.74) is 2.42. The maximum Gasteiger partial charge on any atom is 0.258 e. The fourth-order valence-corrected chi connectivity index (χ4v) is 2.27. The molecule has 3 aromatic heterocycles. The first-order valence-electron chi connectivity index (χ1n) is 6.40. The Morgan fingerprint density at radius 1 is 1.05 bits per heavy atom. The van der Waals surface area contributed by atoms with Gasteiger partial charge in [-0.05, 0) is 24.3 Å². The summed E-state index contributed by atoms with van der Waals surface area (Å²) in [6.07, 6.45) is 3.43. The van der Waals surface area contributed by atoms with Gasteiger partial charge in [0.1, 0.15) is 0 Å². The fraction of sp³-hybridized carbons (Fsp3) is 0. The molecule has 3 heterocycles. The molecule has 0 spiro atoms. The van der Waals surface area contributed by atoms with Crippen molar-refractivity contribution < 1.29 is 4.52 Å². The molecular weight excluding hydrogens is 268 g/mol. The van der Waals surface area contributed by atoms with E-state index in [2.05, 4.69) is 20.1 Å². The molecule has 1 aromatic carbocycles. The molecule has 4 rings (SSSR count). The van der Waals surface area contributed by atoms with Crippen molar-refractivity contribution in [1.29, 1.82) is 0 Å². The first kappa shape index (κ1) is 11.7. The molecule has 21 heavy (non-hydrogen) atoms. The van der Waals surface area contributed by atoms with Crippen LogP contribution in [-0.2, 0) is 0 Å². The lowest BCUT2D eigenvalue weighted by Crippen LogP contribution is -2.01. The number of aromatic nitrogens is 4. The van der Waals surface area contributed by atoms with Crippen molar-refractivity contribution in [2.24, 2.45) is 0 Å². The molecule has 0 unspecified atom stereocenters. The fourth-order valence-electron chi connectivity index (χ4n) is 2.27. The van der Waals surface area contributed by atoms with Crippen molar-refractivity contribution in [2.75, 3.05) is 0 Å². The van der Waals surface area contributed by atoms with Crippen LogP contribution >= 0.6 is 0 Å². The van der Waals surface area contributed by atoms with E-state index in [1.807, 2.05) is 30.5 Å². The molecule has 0 aliphatic rings. The number of hydrogen-bond acceptors (Lipinski definition) is 4. The zero-order valence-electron chi connectivity index (χ0n) is 10.8. The minimum Gasteiger partial charge on any atom is -0.361 e. The van der Waals surface area contributed by atoms with Gasteiger partial charge in [-0.25, -0.2) is 0 Å². The van der Waals surface area contributed by atoms with Crippen molar-refractivity contribution in [2.45, 2.75) is 0 Å². The number of fused-ring (bicyclic) bond motifs is 1. The number of nitrogens with one attached hydrogen (secondary N) is 2. The Balaban J connectivity index is 1.82. The molecule has 0 bridgehead atoms. The van der Waals surface area contributed by atoms with Crippen LogP contribution in [0.4, 0.5) is 0 Å². The molecule has 2 N–H and O–H groups in total. The summed E-state index contributed by atoms with van der Waals surface area (Å²) < 4.78 is 5.35. The van der Waals surface area contributed by atoms with Crippen LogP contribution in [0.3, 0.4) is 0 Å². The van der Waals surface area contributed by atoms with E-state index in [-0.39, 0.29) is 5.56 Å². The predicted octanol–water partition coefficient (Wildman–Crippen LogP) is 2.57. The van der Waals surface area contributed by atoms with E-state index in [0.29, 0.717) is 17.3 Å². The Morgan fingerprint density at radius 3 is 2.86 bits per heavy atom. The van der Waals surface area contributed by atoms with Crippen LogP contribution < -0.4 is 5.56 Å². The molecule has 0 aliphatic heterocycles. The van der Waals surface area contributed by atoms with Gasteiger partial charge in [0.05, 0.1) is 0 Å². The summed E-state index contributed by atoms with van der Waals surface area (Å²) >= 11 is 0. The second kappa shape index (κ2) is 4.45.